The summed E-state index contributed by atoms with van der Waals surface area (Å²) in [7, 11) is 0. The third kappa shape index (κ3) is 10.0. The van der Waals surface area contributed by atoms with Crippen molar-refractivity contribution in [3.05, 3.63) is 24.8 Å². The van der Waals surface area contributed by atoms with Crippen molar-refractivity contribution in [2.45, 2.75) is 71.8 Å². The van der Waals surface area contributed by atoms with Gasteiger partial charge in [-0.05, 0) is 48.0 Å². The largest absolute Gasteiger partial charge is 0.458 e. The summed E-state index contributed by atoms with van der Waals surface area (Å²) in [5.74, 6) is -0.554. The Kier molecular flexibility index (Phi) is 9.36. The molecule has 0 aliphatic carbocycles. The molecule has 0 aliphatic heterocycles. The first-order chi connectivity index (χ1) is 11.0. The fourth-order valence-electron chi connectivity index (χ4n) is 1.71. The molecule has 0 aromatic carbocycles. The highest BCUT2D eigenvalue weighted by Gasteiger charge is 2.26. The molecule has 0 aliphatic rings. The second-order valence-corrected chi connectivity index (χ2v) is 6.84. The van der Waals surface area contributed by atoms with Crippen LogP contribution in [-0.2, 0) is 19.0 Å². The predicted molar refractivity (Wildman–Crippen MR) is 93.8 cm³/mol. The van der Waals surface area contributed by atoms with Gasteiger partial charge in [0.25, 0.3) is 0 Å². The lowest BCUT2D eigenvalue weighted by molar-refractivity contribution is -0.157. The van der Waals surface area contributed by atoms with Gasteiger partial charge < -0.3 is 19.5 Å². The second-order valence-electron chi connectivity index (χ2n) is 6.84. The summed E-state index contributed by atoms with van der Waals surface area (Å²) in [6.07, 6.45) is 0.765. The summed E-state index contributed by atoms with van der Waals surface area (Å²) >= 11 is 0. The standard InChI is InChI=1S/C18H31NO5/c1-9-10-15(22-11-12(2)3)14(5)23-16(20)13(4)19-17(21)24-18(6,7)8/h9,13-15H,1-2,10-11H2,3-8H3,(H,19,21)/t13-,14-,15+/m0/s1. The van der Waals surface area contributed by atoms with Crippen molar-refractivity contribution in [1.82, 2.24) is 5.32 Å². The van der Waals surface area contributed by atoms with E-state index < -0.39 is 29.8 Å². The highest BCUT2D eigenvalue weighted by molar-refractivity contribution is 5.81. The van der Waals surface area contributed by atoms with Gasteiger partial charge in [-0.2, -0.15) is 0 Å². The zero-order valence-corrected chi connectivity index (χ0v) is 15.7. The molecule has 0 spiro atoms. The molecule has 0 radical (unpaired) electrons. The lowest BCUT2D eigenvalue weighted by atomic mass is 10.1. The first kappa shape index (κ1) is 22.2. The maximum absolute atomic E-state index is 12.1. The number of carbonyl (C=O) groups excluding carboxylic acids is 2. The minimum atomic E-state index is -0.826. The van der Waals surface area contributed by atoms with Gasteiger partial charge in [-0.1, -0.05) is 18.2 Å². The van der Waals surface area contributed by atoms with Crippen LogP contribution >= 0.6 is 0 Å². The van der Waals surface area contributed by atoms with Crippen LogP contribution in [0.15, 0.2) is 24.8 Å². The number of ether oxygens (including phenoxy) is 3. The van der Waals surface area contributed by atoms with Crippen molar-refractivity contribution in [3.8, 4) is 0 Å². The van der Waals surface area contributed by atoms with E-state index in [0.717, 1.165) is 5.57 Å². The van der Waals surface area contributed by atoms with Crippen molar-refractivity contribution in [1.29, 1.82) is 0 Å². The molecule has 0 fully saturated rings. The average Bonchev–Trinajstić information content (AvgIpc) is 2.40. The Morgan fingerprint density at radius 3 is 2.29 bits per heavy atom. The fourth-order valence-corrected chi connectivity index (χ4v) is 1.71. The first-order valence-corrected chi connectivity index (χ1v) is 8.03. The highest BCUT2D eigenvalue weighted by Crippen LogP contribution is 2.12. The van der Waals surface area contributed by atoms with Crippen molar-refractivity contribution in [2.24, 2.45) is 0 Å². The Balaban J connectivity index is 4.55. The summed E-state index contributed by atoms with van der Waals surface area (Å²) in [5, 5.41) is 2.45. The summed E-state index contributed by atoms with van der Waals surface area (Å²) < 4.78 is 16.2. The molecule has 6 heteroatoms. The number of alkyl carbamates (subject to hydrolysis) is 1. The van der Waals surface area contributed by atoms with Crippen molar-refractivity contribution >= 4 is 12.1 Å². The van der Waals surface area contributed by atoms with Crippen molar-refractivity contribution in [2.75, 3.05) is 6.61 Å². The van der Waals surface area contributed by atoms with Crippen LogP contribution in [0.3, 0.4) is 0 Å². The zero-order chi connectivity index (χ0) is 18.9. The third-order valence-electron chi connectivity index (χ3n) is 2.86. The number of rotatable bonds is 9. The molecule has 0 bridgehead atoms. The van der Waals surface area contributed by atoms with Crippen LogP contribution in [0.2, 0.25) is 0 Å². The molecule has 0 heterocycles. The summed E-state index contributed by atoms with van der Waals surface area (Å²) in [4.78, 5) is 23.8. The molecule has 0 rings (SSSR count). The van der Waals surface area contributed by atoms with E-state index in [9.17, 15) is 9.59 Å². The van der Waals surface area contributed by atoms with Gasteiger partial charge in [0.15, 0.2) is 0 Å². The molecular formula is C18H31NO5. The van der Waals surface area contributed by atoms with Crippen LogP contribution in [-0.4, -0.2) is 42.5 Å². The molecular weight excluding hydrogens is 310 g/mol. The van der Waals surface area contributed by atoms with E-state index in [1.54, 1.807) is 33.8 Å². The Morgan fingerprint density at radius 2 is 1.83 bits per heavy atom. The number of hydrogen-bond donors (Lipinski definition) is 1. The number of carbonyl (C=O) groups is 2. The molecule has 1 amide bonds. The van der Waals surface area contributed by atoms with Crippen LogP contribution in [0.4, 0.5) is 4.79 Å². The second kappa shape index (κ2) is 10.1. The molecule has 0 aromatic rings. The van der Waals surface area contributed by atoms with E-state index in [4.69, 9.17) is 14.2 Å². The Hall–Kier alpha value is -1.82. The van der Waals surface area contributed by atoms with E-state index in [1.807, 2.05) is 6.92 Å². The average molecular weight is 341 g/mol. The molecule has 6 nitrogen and oxygen atoms in total. The quantitative estimate of drug-likeness (QED) is 0.514. The first-order valence-electron chi connectivity index (χ1n) is 8.03. The number of nitrogens with one attached hydrogen (secondary N) is 1. The predicted octanol–water partition coefficient (Wildman–Crippen LogP) is 3.37. The summed E-state index contributed by atoms with van der Waals surface area (Å²) in [6, 6.07) is -0.826. The van der Waals surface area contributed by atoms with Gasteiger partial charge in [0.2, 0.25) is 0 Å². The van der Waals surface area contributed by atoms with Gasteiger partial charge in [-0.25, -0.2) is 9.59 Å². The van der Waals surface area contributed by atoms with Gasteiger partial charge >= 0.3 is 12.1 Å². The molecule has 0 saturated carbocycles. The van der Waals surface area contributed by atoms with Crippen LogP contribution in [0.5, 0.6) is 0 Å². The normalized spacial score (nSPS) is 14.9. The smallest absolute Gasteiger partial charge is 0.408 e. The maximum Gasteiger partial charge on any atom is 0.408 e. The third-order valence-corrected chi connectivity index (χ3v) is 2.86. The minimum Gasteiger partial charge on any atom is -0.458 e. The number of esters is 1. The molecule has 138 valence electrons. The van der Waals surface area contributed by atoms with Gasteiger partial charge in [0.1, 0.15) is 17.7 Å². The van der Waals surface area contributed by atoms with E-state index in [-0.39, 0.29) is 6.10 Å². The Bertz CT molecular complexity index is 453. The molecule has 0 unspecified atom stereocenters. The van der Waals surface area contributed by atoms with Crippen LogP contribution in [0.25, 0.3) is 0 Å². The number of amides is 1. The van der Waals surface area contributed by atoms with Crippen LogP contribution in [0.1, 0.15) is 48.0 Å². The van der Waals surface area contributed by atoms with Gasteiger partial charge in [0, 0.05) is 0 Å². The van der Waals surface area contributed by atoms with E-state index >= 15 is 0 Å². The minimum absolute atomic E-state index is 0.322. The van der Waals surface area contributed by atoms with Crippen molar-refractivity contribution in [3.63, 3.8) is 0 Å². The van der Waals surface area contributed by atoms with Crippen LogP contribution < -0.4 is 5.32 Å². The number of hydrogen-bond acceptors (Lipinski definition) is 5. The molecule has 24 heavy (non-hydrogen) atoms. The van der Waals surface area contributed by atoms with Gasteiger partial charge in [0.05, 0.1) is 12.7 Å². The SMILES string of the molecule is C=CC[C@@H](OCC(=C)C)[C@H](C)OC(=O)[C@H](C)NC(=O)OC(C)(C)C. The van der Waals surface area contributed by atoms with Crippen molar-refractivity contribution < 1.29 is 23.8 Å². The van der Waals surface area contributed by atoms with E-state index in [2.05, 4.69) is 18.5 Å². The highest BCUT2D eigenvalue weighted by atomic mass is 16.6. The van der Waals surface area contributed by atoms with Gasteiger partial charge in [-0.3, -0.25) is 0 Å². The lowest BCUT2D eigenvalue weighted by Gasteiger charge is -2.25. The molecule has 1 N–H and O–H groups in total. The van der Waals surface area contributed by atoms with Crippen LogP contribution in [0, 0.1) is 0 Å². The monoisotopic (exact) mass is 341 g/mol. The molecule has 0 saturated heterocycles. The van der Waals surface area contributed by atoms with Gasteiger partial charge in [-0.15, -0.1) is 6.58 Å². The fraction of sp³-hybridized carbons (Fsp3) is 0.667. The molecule has 3 atom stereocenters. The summed E-state index contributed by atoms with van der Waals surface area (Å²) in [5.41, 5.74) is 0.245. The lowest BCUT2D eigenvalue weighted by Crippen LogP contribution is -2.44. The Morgan fingerprint density at radius 1 is 1.25 bits per heavy atom. The van der Waals surface area contributed by atoms with E-state index in [0.29, 0.717) is 13.0 Å². The molecule has 0 aromatic heterocycles. The Labute approximate surface area is 145 Å². The zero-order valence-electron chi connectivity index (χ0n) is 15.7. The summed E-state index contributed by atoms with van der Waals surface area (Å²) in [6.45, 7) is 18.2. The maximum atomic E-state index is 12.1. The topological polar surface area (TPSA) is 73.9 Å². The van der Waals surface area contributed by atoms with E-state index in [1.165, 1.54) is 6.92 Å².